The number of rotatable bonds is 21. The van der Waals surface area contributed by atoms with Crippen LogP contribution in [0.25, 0.3) is 0 Å². The van der Waals surface area contributed by atoms with Gasteiger partial charge in [0.15, 0.2) is 0 Å². The fraction of sp³-hybridized carbons (Fsp3) is 0.750. The Balaban J connectivity index is 1.84. The molecule has 0 aliphatic rings. The van der Waals surface area contributed by atoms with Crippen LogP contribution in [0, 0.1) is 0 Å². The molecule has 1 aromatic carbocycles. The minimum Gasteiger partial charge on any atom is -0.481 e. The van der Waals surface area contributed by atoms with E-state index >= 15 is 0 Å². The zero-order valence-electron chi connectivity index (χ0n) is 19.8. The average molecular weight is 417 g/mol. The summed E-state index contributed by atoms with van der Waals surface area (Å²) in [5.41, 5.74) is 0.942. The number of carboxylic acids is 1. The molecule has 0 radical (unpaired) electrons. The van der Waals surface area contributed by atoms with Gasteiger partial charge in [0.2, 0.25) is 0 Å². The molecule has 0 bridgehead atoms. The van der Waals surface area contributed by atoms with Crippen molar-refractivity contribution in [3.05, 3.63) is 35.9 Å². The van der Waals surface area contributed by atoms with Crippen LogP contribution in [-0.2, 0) is 4.79 Å². The van der Waals surface area contributed by atoms with Gasteiger partial charge in [0.05, 0.1) is 5.92 Å². The third-order valence-corrected chi connectivity index (χ3v) is 6.35. The Morgan fingerprint density at radius 1 is 0.633 bits per heavy atom. The first kappa shape index (κ1) is 26.7. The van der Waals surface area contributed by atoms with Gasteiger partial charge in [-0.1, -0.05) is 153 Å². The predicted octanol–water partition coefficient (Wildman–Crippen LogP) is 9.29. The Morgan fingerprint density at radius 3 is 1.37 bits per heavy atom. The summed E-state index contributed by atoms with van der Waals surface area (Å²) in [6.07, 6.45) is 25.3. The summed E-state index contributed by atoms with van der Waals surface area (Å²) in [4.78, 5) is 11.5. The second kappa shape index (κ2) is 19.6. The molecular weight excluding hydrogens is 368 g/mol. The Kier molecular flexibility index (Phi) is 17.5. The van der Waals surface area contributed by atoms with E-state index < -0.39 is 5.97 Å². The van der Waals surface area contributed by atoms with Crippen molar-refractivity contribution in [1.29, 1.82) is 0 Å². The lowest BCUT2D eigenvalue weighted by atomic mass is 9.93. The van der Waals surface area contributed by atoms with E-state index in [4.69, 9.17) is 0 Å². The van der Waals surface area contributed by atoms with Crippen LogP contribution in [0.3, 0.4) is 0 Å². The normalized spacial score (nSPS) is 12.2. The van der Waals surface area contributed by atoms with Crippen molar-refractivity contribution in [3.8, 4) is 0 Å². The fourth-order valence-electron chi connectivity index (χ4n) is 4.37. The Bertz CT molecular complexity index is 497. The zero-order chi connectivity index (χ0) is 21.7. The summed E-state index contributed by atoms with van der Waals surface area (Å²) >= 11 is 0. The van der Waals surface area contributed by atoms with Gasteiger partial charge in [-0.15, -0.1) is 0 Å². The first-order chi connectivity index (χ1) is 14.8. The van der Waals surface area contributed by atoms with E-state index in [0.717, 1.165) is 24.8 Å². The van der Waals surface area contributed by atoms with Crippen LogP contribution in [0.2, 0.25) is 0 Å². The lowest BCUT2D eigenvalue weighted by Crippen LogP contribution is -2.11. The highest BCUT2D eigenvalue weighted by molar-refractivity contribution is 5.75. The van der Waals surface area contributed by atoms with Crippen molar-refractivity contribution in [2.45, 2.75) is 135 Å². The minimum absolute atomic E-state index is 0.341. The van der Waals surface area contributed by atoms with E-state index in [-0.39, 0.29) is 5.92 Å². The highest BCUT2D eigenvalue weighted by Gasteiger charge is 2.18. The largest absolute Gasteiger partial charge is 0.481 e. The second-order valence-corrected chi connectivity index (χ2v) is 9.10. The maximum Gasteiger partial charge on any atom is 0.310 e. The van der Waals surface area contributed by atoms with Crippen LogP contribution >= 0.6 is 0 Å². The predicted molar refractivity (Wildman–Crippen MR) is 130 cm³/mol. The quantitative estimate of drug-likeness (QED) is 0.203. The molecule has 1 atom stereocenters. The second-order valence-electron chi connectivity index (χ2n) is 9.10. The van der Waals surface area contributed by atoms with Gasteiger partial charge in [-0.3, -0.25) is 4.79 Å². The van der Waals surface area contributed by atoms with Crippen molar-refractivity contribution in [2.24, 2.45) is 0 Å². The van der Waals surface area contributed by atoms with Gasteiger partial charge in [-0.25, -0.2) is 0 Å². The van der Waals surface area contributed by atoms with Crippen molar-refractivity contribution >= 4 is 5.97 Å². The molecule has 2 nitrogen and oxygen atoms in total. The van der Waals surface area contributed by atoms with Crippen LogP contribution in [0.15, 0.2) is 30.3 Å². The number of aliphatic carboxylic acids is 1. The maximum absolute atomic E-state index is 11.5. The molecule has 0 aromatic heterocycles. The van der Waals surface area contributed by atoms with E-state index in [1.54, 1.807) is 0 Å². The highest BCUT2D eigenvalue weighted by atomic mass is 16.4. The van der Waals surface area contributed by atoms with Crippen molar-refractivity contribution in [3.63, 3.8) is 0 Å². The van der Waals surface area contributed by atoms with Crippen LogP contribution in [-0.4, -0.2) is 11.1 Å². The standard InChI is InChI=1S/C28H48O2/c1-2-3-4-5-6-7-8-9-10-11-12-13-14-15-16-17-18-22-25-27(28(29)30)26-23-20-19-21-24-26/h19-21,23-24,27H,2-18,22,25H2,1H3,(H,29,30). The van der Waals surface area contributed by atoms with Gasteiger partial charge in [0.25, 0.3) is 0 Å². The third-order valence-electron chi connectivity index (χ3n) is 6.35. The van der Waals surface area contributed by atoms with Crippen LogP contribution in [0.4, 0.5) is 0 Å². The number of benzene rings is 1. The van der Waals surface area contributed by atoms with E-state index in [9.17, 15) is 9.90 Å². The maximum atomic E-state index is 11.5. The zero-order valence-corrected chi connectivity index (χ0v) is 19.8. The Labute approximate surface area is 186 Å². The molecule has 1 N–H and O–H groups in total. The molecule has 0 saturated heterocycles. The van der Waals surface area contributed by atoms with E-state index in [1.165, 1.54) is 103 Å². The first-order valence-corrected chi connectivity index (χ1v) is 13.0. The topological polar surface area (TPSA) is 37.3 Å². The van der Waals surface area contributed by atoms with E-state index in [1.807, 2.05) is 30.3 Å². The monoisotopic (exact) mass is 416 g/mol. The molecule has 1 rings (SSSR count). The van der Waals surface area contributed by atoms with Gasteiger partial charge in [0.1, 0.15) is 0 Å². The molecule has 1 unspecified atom stereocenters. The average Bonchev–Trinajstić information content (AvgIpc) is 2.76. The molecule has 0 spiro atoms. The minimum atomic E-state index is -0.687. The lowest BCUT2D eigenvalue weighted by Gasteiger charge is -2.12. The van der Waals surface area contributed by atoms with Gasteiger partial charge in [0, 0.05) is 0 Å². The third kappa shape index (κ3) is 14.6. The lowest BCUT2D eigenvalue weighted by molar-refractivity contribution is -0.139. The van der Waals surface area contributed by atoms with Crippen LogP contribution in [0.1, 0.15) is 140 Å². The number of carboxylic acid groups (broad SMARTS) is 1. The molecule has 0 fully saturated rings. The Hall–Kier alpha value is -1.31. The molecule has 2 heteroatoms. The molecule has 30 heavy (non-hydrogen) atoms. The number of hydrogen-bond acceptors (Lipinski definition) is 1. The van der Waals surface area contributed by atoms with Gasteiger partial charge < -0.3 is 5.11 Å². The summed E-state index contributed by atoms with van der Waals surface area (Å²) in [5, 5.41) is 9.47. The fourth-order valence-corrected chi connectivity index (χ4v) is 4.37. The Morgan fingerprint density at radius 2 is 1.00 bits per heavy atom. The summed E-state index contributed by atoms with van der Waals surface area (Å²) in [7, 11) is 0. The molecule has 0 saturated carbocycles. The van der Waals surface area contributed by atoms with Crippen molar-refractivity contribution in [2.75, 3.05) is 0 Å². The summed E-state index contributed by atoms with van der Waals surface area (Å²) in [6, 6.07) is 9.68. The smallest absolute Gasteiger partial charge is 0.310 e. The SMILES string of the molecule is CCCCCCCCCCCCCCCCCCCCC(C(=O)O)c1ccccc1. The molecule has 0 heterocycles. The number of unbranched alkanes of at least 4 members (excludes halogenated alkanes) is 17. The molecule has 0 amide bonds. The number of hydrogen-bond donors (Lipinski definition) is 1. The van der Waals surface area contributed by atoms with Gasteiger partial charge in [-0.2, -0.15) is 0 Å². The number of carbonyl (C=O) groups is 1. The van der Waals surface area contributed by atoms with E-state index in [2.05, 4.69) is 6.92 Å². The molecule has 0 aliphatic heterocycles. The van der Waals surface area contributed by atoms with Crippen molar-refractivity contribution in [1.82, 2.24) is 0 Å². The van der Waals surface area contributed by atoms with Crippen molar-refractivity contribution < 1.29 is 9.90 Å². The van der Waals surface area contributed by atoms with Crippen LogP contribution < -0.4 is 0 Å². The van der Waals surface area contributed by atoms with Gasteiger partial charge >= 0.3 is 5.97 Å². The van der Waals surface area contributed by atoms with Gasteiger partial charge in [-0.05, 0) is 12.0 Å². The molecular formula is C28H48O2. The highest BCUT2D eigenvalue weighted by Crippen LogP contribution is 2.23. The summed E-state index contributed by atoms with van der Waals surface area (Å²) in [5.74, 6) is -1.03. The molecule has 0 aliphatic carbocycles. The van der Waals surface area contributed by atoms with Crippen LogP contribution in [0.5, 0.6) is 0 Å². The summed E-state index contributed by atoms with van der Waals surface area (Å²) < 4.78 is 0. The molecule has 172 valence electrons. The first-order valence-electron chi connectivity index (χ1n) is 13.0. The van der Waals surface area contributed by atoms with E-state index in [0.29, 0.717) is 0 Å². The summed E-state index contributed by atoms with van der Waals surface area (Å²) in [6.45, 7) is 2.28. The molecule has 1 aromatic rings.